The third-order valence-corrected chi connectivity index (χ3v) is 4.40. The fourth-order valence-electron chi connectivity index (χ4n) is 2.57. The average Bonchev–Trinajstić information content (AvgIpc) is 3.07. The molecule has 1 aromatic rings. The minimum Gasteiger partial charge on any atom is -0.454 e. The van der Waals surface area contributed by atoms with Crippen LogP contribution < -0.4 is 14.8 Å². The van der Waals surface area contributed by atoms with Crippen molar-refractivity contribution in [2.45, 2.75) is 6.42 Å². The third kappa shape index (κ3) is 2.80. The lowest BCUT2D eigenvalue weighted by molar-refractivity contribution is 0.174. The van der Waals surface area contributed by atoms with Crippen LogP contribution in [0, 0.1) is 5.92 Å². The van der Waals surface area contributed by atoms with Crippen molar-refractivity contribution < 1.29 is 14.3 Å². The van der Waals surface area contributed by atoms with Crippen molar-refractivity contribution in [1.82, 2.24) is 4.90 Å². The van der Waals surface area contributed by atoms with Gasteiger partial charge in [-0.25, -0.2) is 4.79 Å². The fourth-order valence-corrected chi connectivity index (χ4v) is 3.31. The summed E-state index contributed by atoms with van der Waals surface area (Å²) in [6.07, 6.45) is 3.20. The number of hydrogen-bond donors (Lipinski definition) is 1. The lowest BCUT2D eigenvalue weighted by Gasteiger charge is -2.17. The number of amides is 2. The van der Waals surface area contributed by atoms with Crippen LogP contribution in [0.25, 0.3) is 0 Å². The Morgan fingerprint density at radius 3 is 3.15 bits per heavy atom. The summed E-state index contributed by atoms with van der Waals surface area (Å²) in [5.74, 6) is 3.15. The van der Waals surface area contributed by atoms with E-state index in [0.29, 0.717) is 11.7 Å². The highest BCUT2D eigenvalue weighted by molar-refractivity contribution is 7.98. The fraction of sp³-hybridized carbons (Fsp3) is 0.500. The van der Waals surface area contributed by atoms with E-state index >= 15 is 0 Å². The van der Waals surface area contributed by atoms with Gasteiger partial charge in [0.1, 0.15) is 0 Å². The molecule has 1 aromatic carbocycles. The van der Waals surface area contributed by atoms with Crippen molar-refractivity contribution in [3.8, 4) is 11.5 Å². The summed E-state index contributed by atoms with van der Waals surface area (Å²) in [7, 11) is 0. The highest BCUT2D eigenvalue weighted by Gasteiger charge is 2.26. The van der Waals surface area contributed by atoms with E-state index in [-0.39, 0.29) is 12.8 Å². The largest absolute Gasteiger partial charge is 0.454 e. The second-order valence-electron chi connectivity index (χ2n) is 5.05. The average molecular weight is 294 g/mol. The van der Waals surface area contributed by atoms with E-state index < -0.39 is 0 Å². The van der Waals surface area contributed by atoms with Crippen LogP contribution in [0.2, 0.25) is 0 Å². The van der Waals surface area contributed by atoms with Crippen molar-refractivity contribution in [2.75, 3.05) is 37.2 Å². The van der Waals surface area contributed by atoms with Gasteiger partial charge in [-0.2, -0.15) is 11.8 Å². The number of hydrogen-bond acceptors (Lipinski definition) is 4. The first-order valence-electron chi connectivity index (χ1n) is 6.71. The molecule has 1 fully saturated rings. The summed E-state index contributed by atoms with van der Waals surface area (Å²) < 4.78 is 10.6. The maximum atomic E-state index is 12.2. The number of nitrogens with one attached hydrogen (secondary N) is 1. The van der Waals surface area contributed by atoms with Gasteiger partial charge in [0.15, 0.2) is 11.5 Å². The molecule has 2 heterocycles. The zero-order valence-corrected chi connectivity index (χ0v) is 12.2. The number of carbonyl (C=O) groups excluding carboxylic acids is 1. The molecule has 1 N–H and O–H groups in total. The van der Waals surface area contributed by atoms with Gasteiger partial charge in [0, 0.05) is 24.8 Å². The van der Waals surface area contributed by atoms with Crippen molar-refractivity contribution in [3.05, 3.63) is 18.2 Å². The number of nitrogens with zero attached hydrogens (tertiary/aromatic N) is 1. The summed E-state index contributed by atoms with van der Waals surface area (Å²) in [6.45, 7) is 1.92. The van der Waals surface area contributed by atoms with Crippen LogP contribution in [0.5, 0.6) is 11.5 Å². The summed E-state index contributed by atoms with van der Waals surface area (Å²) in [6, 6.07) is 5.42. The molecular weight excluding hydrogens is 276 g/mol. The van der Waals surface area contributed by atoms with E-state index in [9.17, 15) is 4.79 Å². The standard InChI is InChI=1S/C14H18N2O3S/c1-20-8-10-4-5-16(7-10)14(17)15-11-2-3-12-13(6-11)19-9-18-12/h2-3,6,10H,4-5,7-9H2,1H3,(H,15,17). The maximum Gasteiger partial charge on any atom is 0.321 e. The van der Waals surface area contributed by atoms with E-state index in [1.165, 1.54) is 0 Å². The van der Waals surface area contributed by atoms with Crippen molar-refractivity contribution in [1.29, 1.82) is 0 Å². The van der Waals surface area contributed by atoms with Crippen LogP contribution in [0.15, 0.2) is 18.2 Å². The van der Waals surface area contributed by atoms with Crippen molar-refractivity contribution >= 4 is 23.5 Å². The summed E-state index contributed by atoms with van der Waals surface area (Å²) >= 11 is 1.84. The van der Waals surface area contributed by atoms with Crippen LogP contribution in [-0.4, -0.2) is 42.8 Å². The monoisotopic (exact) mass is 294 g/mol. The Labute approximate surface area is 122 Å². The number of anilines is 1. The van der Waals surface area contributed by atoms with Crippen LogP contribution >= 0.6 is 11.8 Å². The molecule has 1 unspecified atom stereocenters. The number of fused-ring (bicyclic) bond motifs is 1. The molecule has 6 heteroatoms. The molecule has 2 aliphatic heterocycles. The SMILES string of the molecule is CSCC1CCN(C(=O)Nc2ccc3c(c2)OCO3)C1. The number of likely N-dealkylation sites (tertiary alicyclic amines) is 1. The molecule has 2 amide bonds. The molecule has 20 heavy (non-hydrogen) atoms. The number of urea groups is 1. The zero-order valence-electron chi connectivity index (χ0n) is 11.4. The molecule has 0 radical (unpaired) electrons. The summed E-state index contributed by atoms with van der Waals surface area (Å²) in [5, 5.41) is 2.92. The van der Waals surface area contributed by atoms with E-state index in [0.717, 1.165) is 36.7 Å². The lowest BCUT2D eigenvalue weighted by atomic mass is 10.2. The van der Waals surface area contributed by atoms with Crippen molar-refractivity contribution in [2.24, 2.45) is 5.92 Å². The summed E-state index contributed by atoms with van der Waals surface area (Å²) in [5.41, 5.74) is 0.743. The Morgan fingerprint density at radius 1 is 1.45 bits per heavy atom. The highest BCUT2D eigenvalue weighted by atomic mass is 32.2. The van der Waals surface area contributed by atoms with Gasteiger partial charge in [0.25, 0.3) is 0 Å². The first kappa shape index (κ1) is 13.4. The predicted octanol–water partition coefficient (Wildman–Crippen LogP) is 2.63. The molecule has 2 aliphatic rings. The predicted molar refractivity (Wildman–Crippen MR) is 79.6 cm³/mol. The van der Waals surface area contributed by atoms with Gasteiger partial charge in [0.2, 0.25) is 6.79 Å². The second kappa shape index (κ2) is 5.83. The lowest BCUT2D eigenvalue weighted by Crippen LogP contribution is -2.33. The van der Waals surface area contributed by atoms with Gasteiger partial charge in [-0.05, 0) is 36.5 Å². The number of rotatable bonds is 3. The number of benzene rings is 1. The van der Waals surface area contributed by atoms with Gasteiger partial charge in [-0.3, -0.25) is 0 Å². The molecule has 108 valence electrons. The molecule has 0 aliphatic carbocycles. The molecule has 3 rings (SSSR count). The first-order chi connectivity index (χ1) is 9.76. The van der Waals surface area contributed by atoms with Crippen LogP contribution in [0.3, 0.4) is 0 Å². The van der Waals surface area contributed by atoms with E-state index in [1.54, 1.807) is 6.07 Å². The van der Waals surface area contributed by atoms with Crippen LogP contribution in [0.1, 0.15) is 6.42 Å². The highest BCUT2D eigenvalue weighted by Crippen LogP contribution is 2.34. The van der Waals surface area contributed by atoms with E-state index in [1.807, 2.05) is 28.8 Å². The van der Waals surface area contributed by atoms with E-state index in [2.05, 4.69) is 11.6 Å². The molecule has 1 atom stereocenters. The number of ether oxygens (including phenoxy) is 2. The van der Waals surface area contributed by atoms with Gasteiger partial charge in [-0.15, -0.1) is 0 Å². The first-order valence-corrected chi connectivity index (χ1v) is 8.10. The van der Waals surface area contributed by atoms with Gasteiger partial charge < -0.3 is 19.7 Å². The van der Waals surface area contributed by atoms with Gasteiger partial charge >= 0.3 is 6.03 Å². The van der Waals surface area contributed by atoms with Gasteiger partial charge in [0.05, 0.1) is 0 Å². The Bertz CT molecular complexity index is 509. The molecular formula is C14H18N2O3S. The topological polar surface area (TPSA) is 50.8 Å². The molecule has 0 saturated carbocycles. The Kier molecular flexibility index (Phi) is 3.91. The molecule has 0 aromatic heterocycles. The smallest absolute Gasteiger partial charge is 0.321 e. The van der Waals surface area contributed by atoms with E-state index in [4.69, 9.17) is 9.47 Å². The maximum absolute atomic E-state index is 12.2. The van der Waals surface area contributed by atoms with Crippen molar-refractivity contribution in [3.63, 3.8) is 0 Å². The Balaban J connectivity index is 1.59. The Morgan fingerprint density at radius 2 is 2.30 bits per heavy atom. The molecule has 1 saturated heterocycles. The third-order valence-electron chi connectivity index (χ3n) is 3.60. The minimum absolute atomic E-state index is 0.0348. The molecule has 0 bridgehead atoms. The number of carbonyl (C=O) groups is 1. The zero-order chi connectivity index (χ0) is 13.9. The number of thioether (sulfide) groups is 1. The second-order valence-corrected chi connectivity index (χ2v) is 5.96. The normalized spacial score (nSPS) is 20.2. The minimum atomic E-state index is -0.0348. The van der Waals surface area contributed by atoms with Crippen LogP contribution in [0.4, 0.5) is 10.5 Å². The quantitative estimate of drug-likeness (QED) is 0.931. The molecule has 5 nitrogen and oxygen atoms in total. The molecule has 0 spiro atoms. The van der Waals surface area contributed by atoms with Gasteiger partial charge in [-0.1, -0.05) is 0 Å². The summed E-state index contributed by atoms with van der Waals surface area (Å²) in [4.78, 5) is 14.1. The Hall–Kier alpha value is -1.56. The van der Waals surface area contributed by atoms with Crippen LogP contribution in [-0.2, 0) is 0 Å².